The first-order valence-electron chi connectivity index (χ1n) is 8.08. The Labute approximate surface area is 151 Å². The van der Waals surface area contributed by atoms with Gasteiger partial charge in [-0.25, -0.2) is 0 Å². The number of amides is 1. The van der Waals surface area contributed by atoms with E-state index in [1.807, 2.05) is 13.0 Å². The minimum absolute atomic E-state index is 0.0415. The summed E-state index contributed by atoms with van der Waals surface area (Å²) in [6.45, 7) is 8.32. The Kier molecular flexibility index (Phi) is 7.05. The molecule has 1 atom stereocenters. The first-order chi connectivity index (χ1) is 11.5. The molecule has 0 aliphatic heterocycles. The SMILES string of the molecule is CCC[C@H](C)NC(=O)CSc1nnc(Nc2ccc(C)c(C)c2)s1. The number of benzene rings is 1. The van der Waals surface area contributed by atoms with Crippen LogP contribution in [-0.4, -0.2) is 27.9 Å². The van der Waals surface area contributed by atoms with E-state index in [-0.39, 0.29) is 11.9 Å². The fraction of sp³-hybridized carbons (Fsp3) is 0.471. The van der Waals surface area contributed by atoms with Gasteiger partial charge in [0.25, 0.3) is 0 Å². The second-order valence-electron chi connectivity index (χ2n) is 5.84. The van der Waals surface area contributed by atoms with Crippen LogP contribution in [-0.2, 0) is 4.79 Å². The molecule has 130 valence electrons. The van der Waals surface area contributed by atoms with Crippen molar-refractivity contribution in [2.45, 2.75) is 50.9 Å². The maximum Gasteiger partial charge on any atom is 0.230 e. The highest BCUT2D eigenvalue weighted by Crippen LogP contribution is 2.28. The zero-order valence-electron chi connectivity index (χ0n) is 14.5. The van der Waals surface area contributed by atoms with E-state index in [0.29, 0.717) is 5.75 Å². The highest BCUT2D eigenvalue weighted by molar-refractivity contribution is 8.01. The lowest BCUT2D eigenvalue weighted by molar-refractivity contribution is -0.119. The molecule has 0 unspecified atom stereocenters. The highest BCUT2D eigenvalue weighted by atomic mass is 32.2. The van der Waals surface area contributed by atoms with Crippen molar-refractivity contribution in [2.24, 2.45) is 0 Å². The van der Waals surface area contributed by atoms with Gasteiger partial charge >= 0.3 is 0 Å². The van der Waals surface area contributed by atoms with E-state index in [2.05, 4.69) is 53.7 Å². The summed E-state index contributed by atoms with van der Waals surface area (Å²) in [5.74, 6) is 0.409. The van der Waals surface area contributed by atoms with Crippen molar-refractivity contribution in [3.63, 3.8) is 0 Å². The number of aromatic nitrogens is 2. The van der Waals surface area contributed by atoms with Crippen LogP contribution in [0.1, 0.15) is 37.8 Å². The molecule has 2 rings (SSSR count). The number of hydrogen-bond donors (Lipinski definition) is 2. The molecular formula is C17H24N4OS2. The Hall–Kier alpha value is -1.60. The molecule has 7 heteroatoms. The van der Waals surface area contributed by atoms with Gasteiger partial charge < -0.3 is 10.6 Å². The van der Waals surface area contributed by atoms with Gasteiger partial charge in [0, 0.05) is 11.7 Å². The summed E-state index contributed by atoms with van der Waals surface area (Å²) in [5, 5.41) is 15.3. The van der Waals surface area contributed by atoms with Crippen molar-refractivity contribution in [1.82, 2.24) is 15.5 Å². The lowest BCUT2D eigenvalue weighted by atomic mass is 10.1. The molecule has 24 heavy (non-hydrogen) atoms. The average Bonchev–Trinajstić information content (AvgIpc) is 2.97. The number of aryl methyl sites for hydroxylation is 2. The van der Waals surface area contributed by atoms with Gasteiger partial charge in [-0.05, 0) is 50.5 Å². The molecule has 5 nitrogen and oxygen atoms in total. The van der Waals surface area contributed by atoms with Gasteiger partial charge in [0.2, 0.25) is 11.0 Å². The smallest absolute Gasteiger partial charge is 0.230 e. The topological polar surface area (TPSA) is 66.9 Å². The third-order valence-corrected chi connectivity index (χ3v) is 5.59. The maximum atomic E-state index is 11.9. The van der Waals surface area contributed by atoms with E-state index in [1.165, 1.54) is 34.2 Å². The Morgan fingerprint density at radius 1 is 1.29 bits per heavy atom. The van der Waals surface area contributed by atoms with E-state index in [9.17, 15) is 4.79 Å². The molecule has 0 saturated heterocycles. The third kappa shape index (κ3) is 5.79. The Morgan fingerprint density at radius 2 is 2.08 bits per heavy atom. The minimum Gasteiger partial charge on any atom is -0.353 e. The number of carbonyl (C=O) groups excluding carboxylic acids is 1. The predicted molar refractivity (Wildman–Crippen MR) is 102 cm³/mol. The maximum absolute atomic E-state index is 11.9. The van der Waals surface area contributed by atoms with Crippen molar-refractivity contribution in [3.05, 3.63) is 29.3 Å². The number of thioether (sulfide) groups is 1. The molecule has 0 spiro atoms. The summed E-state index contributed by atoms with van der Waals surface area (Å²) in [6.07, 6.45) is 2.07. The molecule has 1 amide bonds. The van der Waals surface area contributed by atoms with E-state index >= 15 is 0 Å². The normalized spacial score (nSPS) is 12.0. The van der Waals surface area contributed by atoms with E-state index in [0.717, 1.165) is 28.0 Å². The number of nitrogens with one attached hydrogen (secondary N) is 2. The summed E-state index contributed by atoms with van der Waals surface area (Å²) < 4.78 is 0.791. The fourth-order valence-electron chi connectivity index (χ4n) is 2.21. The summed E-state index contributed by atoms with van der Waals surface area (Å²) in [4.78, 5) is 11.9. The minimum atomic E-state index is 0.0415. The summed E-state index contributed by atoms with van der Waals surface area (Å²) in [7, 11) is 0. The van der Waals surface area contributed by atoms with Gasteiger partial charge in [-0.2, -0.15) is 0 Å². The lowest BCUT2D eigenvalue weighted by Gasteiger charge is -2.11. The van der Waals surface area contributed by atoms with Gasteiger partial charge in [0.05, 0.1) is 5.75 Å². The van der Waals surface area contributed by atoms with Crippen molar-refractivity contribution in [2.75, 3.05) is 11.1 Å². The summed E-state index contributed by atoms with van der Waals surface area (Å²) >= 11 is 2.88. The molecule has 2 N–H and O–H groups in total. The van der Waals surface area contributed by atoms with Crippen molar-refractivity contribution >= 4 is 39.8 Å². The number of hydrogen-bond acceptors (Lipinski definition) is 6. The number of anilines is 2. The molecule has 2 aromatic rings. The molecule has 1 aromatic heterocycles. The Morgan fingerprint density at radius 3 is 2.79 bits per heavy atom. The van der Waals surface area contributed by atoms with Crippen molar-refractivity contribution < 1.29 is 4.79 Å². The van der Waals surface area contributed by atoms with Crippen LogP contribution >= 0.6 is 23.1 Å². The highest BCUT2D eigenvalue weighted by Gasteiger charge is 2.10. The first kappa shape index (κ1) is 18.7. The lowest BCUT2D eigenvalue weighted by Crippen LogP contribution is -2.33. The molecule has 0 bridgehead atoms. The number of rotatable bonds is 8. The molecule has 1 heterocycles. The van der Waals surface area contributed by atoms with Crippen LogP contribution in [0.2, 0.25) is 0 Å². The predicted octanol–water partition coefficient (Wildman–Crippen LogP) is 4.30. The zero-order chi connectivity index (χ0) is 17.5. The van der Waals surface area contributed by atoms with E-state index < -0.39 is 0 Å². The van der Waals surface area contributed by atoms with Crippen LogP contribution < -0.4 is 10.6 Å². The van der Waals surface area contributed by atoms with Crippen LogP contribution in [0.15, 0.2) is 22.5 Å². The standard InChI is InChI=1S/C17H24N4OS2/c1-5-6-13(4)18-15(22)10-23-17-21-20-16(24-17)19-14-8-7-11(2)12(3)9-14/h7-9,13H,5-6,10H2,1-4H3,(H,18,22)(H,19,20)/t13-/m0/s1. The summed E-state index contributed by atoms with van der Waals surface area (Å²) in [5.41, 5.74) is 3.49. The molecule has 1 aromatic carbocycles. The molecule has 0 aliphatic rings. The van der Waals surface area contributed by atoms with Gasteiger partial charge in [-0.3, -0.25) is 4.79 Å². The first-order valence-corrected chi connectivity index (χ1v) is 9.88. The second kappa shape index (κ2) is 9.03. The molecule has 0 aliphatic carbocycles. The van der Waals surface area contributed by atoms with Crippen LogP contribution in [0.25, 0.3) is 0 Å². The Balaban J connectivity index is 1.84. The van der Waals surface area contributed by atoms with E-state index in [4.69, 9.17) is 0 Å². The van der Waals surface area contributed by atoms with Gasteiger partial charge in [-0.1, -0.05) is 42.5 Å². The van der Waals surface area contributed by atoms with Gasteiger partial charge in [-0.15, -0.1) is 10.2 Å². The van der Waals surface area contributed by atoms with Gasteiger partial charge in [0.1, 0.15) is 0 Å². The molecule has 0 fully saturated rings. The second-order valence-corrected chi connectivity index (χ2v) is 8.04. The van der Waals surface area contributed by atoms with Crippen LogP contribution in [0.5, 0.6) is 0 Å². The largest absolute Gasteiger partial charge is 0.353 e. The summed E-state index contributed by atoms with van der Waals surface area (Å²) in [6, 6.07) is 6.42. The fourth-order valence-corrected chi connectivity index (χ4v) is 3.79. The van der Waals surface area contributed by atoms with Crippen LogP contribution in [0.3, 0.4) is 0 Å². The molecule has 0 radical (unpaired) electrons. The van der Waals surface area contributed by atoms with Crippen molar-refractivity contribution in [1.29, 1.82) is 0 Å². The third-order valence-electron chi connectivity index (χ3n) is 3.62. The number of nitrogens with zero attached hydrogens (tertiary/aromatic N) is 2. The van der Waals surface area contributed by atoms with Crippen LogP contribution in [0, 0.1) is 13.8 Å². The number of carbonyl (C=O) groups is 1. The van der Waals surface area contributed by atoms with Gasteiger partial charge in [0.15, 0.2) is 4.34 Å². The average molecular weight is 365 g/mol. The van der Waals surface area contributed by atoms with Crippen molar-refractivity contribution in [3.8, 4) is 0 Å². The monoisotopic (exact) mass is 364 g/mol. The zero-order valence-corrected chi connectivity index (χ0v) is 16.2. The van der Waals surface area contributed by atoms with E-state index in [1.54, 1.807) is 0 Å². The quantitative estimate of drug-likeness (QED) is 0.684. The Bertz CT molecular complexity index is 687. The molecule has 0 saturated carbocycles. The molecular weight excluding hydrogens is 340 g/mol. The van der Waals surface area contributed by atoms with Crippen LogP contribution in [0.4, 0.5) is 10.8 Å².